The van der Waals surface area contributed by atoms with E-state index in [1.807, 2.05) is 19.2 Å². The summed E-state index contributed by atoms with van der Waals surface area (Å²) in [6.45, 7) is 0. The van der Waals surface area contributed by atoms with Gasteiger partial charge >= 0.3 is 0 Å². The Morgan fingerprint density at radius 2 is 1.94 bits per heavy atom. The number of hydrogen-bond donors (Lipinski definition) is 0. The summed E-state index contributed by atoms with van der Waals surface area (Å²) in [4.78, 5) is 10.7. The topological polar surface area (TPSA) is 22.0 Å². The number of carbonyl (C=O) groups is 1. The maximum absolute atomic E-state index is 10.7. The highest BCUT2D eigenvalue weighted by atomic mass is 35.5. The number of aldehydes is 1. The van der Waals surface area contributed by atoms with Crippen molar-refractivity contribution < 1.29 is 4.79 Å². The molecule has 0 fully saturated rings. The number of carbonyl (C=O) groups excluding carboxylic acids is 1. The lowest BCUT2D eigenvalue weighted by Crippen LogP contribution is -1.96. The largest absolute Gasteiger partial charge is 0.341 e. The Balaban J connectivity index is 2.58. The standard InChI is InChI=1S/C12H9Cl2NO/c1-15-9(7-16)3-5-12(15)10-4-2-8(13)6-11(10)14/h2-7H,1H3. The molecule has 0 aliphatic rings. The zero-order valence-corrected chi connectivity index (χ0v) is 10.1. The van der Waals surface area contributed by atoms with Crippen LogP contribution >= 0.6 is 23.2 Å². The van der Waals surface area contributed by atoms with E-state index < -0.39 is 0 Å². The summed E-state index contributed by atoms with van der Waals surface area (Å²) in [5.74, 6) is 0. The van der Waals surface area contributed by atoms with E-state index in [9.17, 15) is 4.79 Å². The number of aromatic nitrogens is 1. The molecule has 0 aliphatic carbocycles. The molecule has 1 aromatic carbocycles. The lowest BCUT2D eigenvalue weighted by atomic mass is 10.1. The van der Waals surface area contributed by atoms with Gasteiger partial charge in [0.2, 0.25) is 0 Å². The van der Waals surface area contributed by atoms with Gasteiger partial charge in [-0.25, -0.2) is 0 Å². The van der Waals surface area contributed by atoms with Crippen molar-refractivity contribution in [3.8, 4) is 11.3 Å². The monoisotopic (exact) mass is 253 g/mol. The number of halogens is 2. The predicted octanol–water partition coefficient (Wildman–Crippen LogP) is 3.81. The number of nitrogens with zero attached hydrogens (tertiary/aromatic N) is 1. The van der Waals surface area contributed by atoms with Crippen molar-refractivity contribution in [3.05, 3.63) is 46.1 Å². The van der Waals surface area contributed by atoms with E-state index in [1.54, 1.807) is 22.8 Å². The van der Waals surface area contributed by atoms with Gasteiger partial charge in [0.1, 0.15) is 0 Å². The second-order valence-electron chi connectivity index (χ2n) is 3.44. The van der Waals surface area contributed by atoms with Crippen LogP contribution in [0.5, 0.6) is 0 Å². The van der Waals surface area contributed by atoms with Gasteiger partial charge in [-0.3, -0.25) is 4.79 Å². The Kier molecular flexibility index (Phi) is 3.03. The molecule has 0 bridgehead atoms. The summed E-state index contributed by atoms with van der Waals surface area (Å²) in [7, 11) is 1.82. The summed E-state index contributed by atoms with van der Waals surface area (Å²) in [6.07, 6.45) is 0.813. The van der Waals surface area contributed by atoms with Crippen LogP contribution in [0.3, 0.4) is 0 Å². The van der Waals surface area contributed by atoms with Gasteiger partial charge in [0.25, 0.3) is 0 Å². The summed E-state index contributed by atoms with van der Waals surface area (Å²) < 4.78 is 1.79. The molecule has 16 heavy (non-hydrogen) atoms. The molecule has 2 nitrogen and oxygen atoms in total. The molecule has 0 saturated carbocycles. The number of rotatable bonds is 2. The molecule has 0 amide bonds. The van der Waals surface area contributed by atoms with Gasteiger partial charge in [0.05, 0.1) is 10.7 Å². The van der Waals surface area contributed by atoms with Crippen molar-refractivity contribution in [1.82, 2.24) is 4.57 Å². The fourth-order valence-corrected chi connectivity index (χ4v) is 2.12. The van der Waals surface area contributed by atoms with Crippen molar-refractivity contribution in [2.24, 2.45) is 7.05 Å². The maximum atomic E-state index is 10.7. The normalized spacial score (nSPS) is 10.4. The van der Waals surface area contributed by atoms with E-state index in [0.29, 0.717) is 15.7 Å². The first-order valence-electron chi connectivity index (χ1n) is 4.70. The van der Waals surface area contributed by atoms with Crippen LogP contribution in [0.25, 0.3) is 11.3 Å². The smallest absolute Gasteiger partial charge is 0.166 e. The Morgan fingerprint density at radius 3 is 2.50 bits per heavy atom. The fraction of sp³-hybridized carbons (Fsp3) is 0.0833. The minimum absolute atomic E-state index is 0.575. The van der Waals surface area contributed by atoms with Crippen molar-refractivity contribution in [3.63, 3.8) is 0 Å². The van der Waals surface area contributed by atoms with Crippen molar-refractivity contribution in [2.75, 3.05) is 0 Å². The Morgan fingerprint density at radius 1 is 1.19 bits per heavy atom. The minimum atomic E-state index is 0.575. The van der Waals surface area contributed by atoms with E-state index in [0.717, 1.165) is 17.5 Å². The second-order valence-corrected chi connectivity index (χ2v) is 4.29. The van der Waals surface area contributed by atoms with Crippen LogP contribution in [0.2, 0.25) is 10.0 Å². The third kappa shape index (κ3) is 1.86. The molecule has 0 saturated heterocycles. The summed E-state index contributed by atoms with van der Waals surface area (Å²) >= 11 is 11.9. The molecule has 0 unspecified atom stereocenters. The van der Waals surface area contributed by atoms with Crippen LogP contribution in [0.1, 0.15) is 10.5 Å². The van der Waals surface area contributed by atoms with Crippen LogP contribution in [-0.4, -0.2) is 10.9 Å². The minimum Gasteiger partial charge on any atom is -0.341 e. The average Bonchev–Trinajstić information content (AvgIpc) is 2.60. The predicted molar refractivity (Wildman–Crippen MR) is 66.3 cm³/mol. The van der Waals surface area contributed by atoms with E-state index >= 15 is 0 Å². The van der Waals surface area contributed by atoms with Crippen LogP contribution < -0.4 is 0 Å². The molecule has 0 spiro atoms. The van der Waals surface area contributed by atoms with Gasteiger partial charge in [-0.2, -0.15) is 0 Å². The first-order valence-corrected chi connectivity index (χ1v) is 5.45. The second kappa shape index (κ2) is 4.32. The highest BCUT2D eigenvalue weighted by molar-refractivity contribution is 6.36. The lowest BCUT2D eigenvalue weighted by Gasteiger charge is -2.07. The molecule has 1 aromatic heterocycles. The van der Waals surface area contributed by atoms with E-state index in [2.05, 4.69) is 0 Å². The Bertz CT molecular complexity index is 546. The van der Waals surface area contributed by atoms with Crippen LogP contribution in [-0.2, 0) is 7.05 Å². The van der Waals surface area contributed by atoms with E-state index in [4.69, 9.17) is 23.2 Å². The molecular formula is C12H9Cl2NO. The van der Waals surface area contributed by atoms with Gasteiger partial charge < -0.3 is 4.57 Å². The van der Waals surface area contributed by atoms with Crippen LogP contribution in [0, 0.1) is 0 Å². The van der Waals surface area contributed by atoms with Gasteiger partial charge in [-0.1, -0.05) is 23.2 Å². The molecule has 0 N–H and O–H groups in total. The van der Waals surface area contributed by atoms with Gasteiger partial charge in [0.15, 0.2) is 6.29 Å². The van der Waals surface area contributed by atoms with Crippen molar-refractivity contribution in [1.29, 1.82) is 0 Å². The quantitative estimate of drug-likeness (QED) is 0.747. The molecule has 0 radical (unpaired) electrons. The first-order chi connectivity index (χ1) is 7.63. The molecule has 2 aromatic rings. The van der Waals surface area contributed by atoms with Crippen LogP contribution in [0.15, 0.2) is 30.3 Å². The average molecular weight is 254 g/mol. The third-order valence-electron chi connectivity index (χ3n) is 2.49. The zero-order chi connectivity index (χ0) is 11.7. The molecule has 82 valence electrons. The first kappa shape index (κ1) is 11.2. The summed E-state index contributed by atoms with van der Waals surface area (Å²) in [5, 5.41) is 1.17. The molecular weight excluding hydrogens is 245 g/mol. The molecule has 0 aliphatic heterocycles. The third-order valence-corrected chi connectivity index (χ3v) is 3.04. The SMILES string of the molecule is Cn1c(C=O)ccc1-c1ccc(Cl)cc1Cl. The summed E-state index contributed by atoms with van der Waals surface area (Å²) in [5.41, 5.74) is 2.37. The van der Waals surface area contributed by atoms with Gasteiger partial charge in [-0.05, 0) is 30.3 Å². The lowest BCUT2D eigenvalue weighted by molar-refractivity contribution is 0.111. The molecule has 1 heterocycles. The molecule has 0 atom stereocenters. The number of benzene rings is 1. The van der Waals surface area contributed by atoms with E-state index in [-0.39, 0.29) is 0 Å². The fourth-order valence-electron chi connectivity index (χ4n) is 1.61. The maximum Gasteiger partial charge on any atom is 0.166 e. The highest BCUT2D eigenvalue weighted by Crippen LogP contribution is 2.30. The van der Waals surface area contributed by atoms with Crippen molar-refractivity contribution in [2.45, 2.75) is 0 Å². The van der Waals surface area contributed by atoms with Gasteiger partial charge in [-0.15, -0.1) is 0 Å². The summed E-state index contributed by atoms with van der Waals surface area (Å²) in [6, 6.07) is 8.92. The van der Waals surface area contributed by atoms with E-state index in [1.165, 1.54) is 0 Å². The zero-order valence-electron chi connectivity index (χ0n) is 8.58. The molecule has 4 heteroatoms. The van der Waals surface area contributed by atoms with Gasteiger partial charge in [0, 0.05) is 23.3 Å². The highest BCUT2D eigenvalue weighted by Gasteiger charge is 2.09. The Hall–Kier alpha value is -1.25. The molecule has 2 rings (SSSR count). The van der Waals surface area contributed by atoms with Crippen LogP contribution in [0.4, 0.5) is 0 Å². The Labute approximate surface area is 103 Å². The van der Waals surface area contributed by atoms with Crippen molar-refractivity contribution >= 4 is 29.5 Å². The number of hydrogen-bond acceptors (Lipinski definition) is 1.